The van der Waals surface area contributed by atoms with Crippen molar-refractivity contribution in [1.82, 2.24) is 15.0 Å². The molecular formula is C17H18N4. The van der Waals surface area contributed by atoms with Crippen molar-refractivity contribution in [2.75, 3.05) is 5.73 Å². The molecule has 1 aromatic carbocycles. The van der Waals surface area contributed by atoms with Gasteiger partial charge in [0.2, 0.25) is 0 Å². The number of hydrogen-bond donors (Lipinski definition) is 1. The Balaban J connectivity index is 2.32. The van der Waals surface area contributed by atoms with Gasteiger partial charge < -0.3 is 5.73 Å². The molecule has 0 saturated heterocycles. The normalized spacial score (nSPS) is 11.2. The molecule has 0 aliphatic heterocycles. The molecule has 2 N–H and O–H groups in total. The molecule has 106 valence electrons. The van der Waals surface area contributed by atoms with Crippen molar-refractivity contribution in [3.63, 3.8) is 0 Å². The number of pyridine rings is 1. The van der Waals surface area contributed by atoms with E-state index >= 15 is 0 Å². The SMILES string of the molecule is Cc1c(N)nc(C(C)C)nc1-c1cccc2cccnc12. The highest BCUT2D eigenvalue weighted by Gasteiger charge is 2.15. The Bertz CT molecular complexity index is 804. The number of nitrogens with two attached hydrogens (primary N) is 1. The van der Waals surface area contributed by atoms with Gasteiger partial charge in [-0.25, -0.2) is 9.97 Å². The van der Waals surface area contributed by atoms with Crippen LogP contribution in [0.1, 0.15) is 31.2 Å². The van der Waals surface area contributed by atoms with Crippen molar-refractivity contribution in [1.29, 1.82) is 0 Å². The summed E-state index contributed by atoms with van der Waals surface area (Å²) in [6, 6.07) is 10.1. The molecule has 4 heteroatoms. The molecule has 0 saturated carbocycles. The van der Waals surface area contributed by atoms with Crippen LogP contribution in [0.4, 0.5) is 5.82 Å². The van der Waals surface area contributed by atoms with E-state index in [-0.39, 0.29) is 5.92 Å². The van der Waals surface area contributed by atoms with Gasteiger partial charge in [0.15, 0.2) is 0 Å². The molecule has 2 heterocycles. The monoisotopic (exact) mass is 278 g/mol. The van der Waals surface area contributed by atoms with Gasteiger partial charge in [0, 0.05) is 28.6 Å². The van der Waals surface area contributed by atoms with E-state index < -0.39 is 0 Å². The fraction of sp³-hybridized carbons (Fsp3) is 0.235. The second-order valence-corrected chi connectivity index (χ2v) is 5.48. The fourth-order valence-electron chi connectivity index (χ4n) is 2.37. The molecular weight excluding hydrogens is 260 g/mol. The number of aromatic nitrogens is 3. The minimum atomic E-state index is 0.231. The lowest BCUT2D eigenvalue weighted by molar-refractivity contribution is 0.776. The molecule has 0 spiro atoms. The molecule has 0 aliphatic carbocycles. The van der Waals surface area contributed by atoms with Gasteiger partial charge in [0.25, 0.3) is 0 Å². The maximum absolute atomic E-state index is 6.07. The van der Waals surface area contributed by atoms with Crippen LogP contribution in [0.5, 0.6) is 0 Å². The molecule has 2 aromatic heterocycles. The van der Waals surface area contributed by atoms with Crippen LogP contribution in [0.3, 0.4) is 0 Å². The summed E-state index contributed by atoms with van der Waals surface area (Å²) in [5.41, 5.74) is 9.78. The summed E-state index contributed by atoms with van der Waals surface area (Å²) in [6.45, 7) is 6.08. The summed E-state index contributed by atoms with van der Waals surface area (Å²) in [6.07, 6.45) is 1.80. The van der Waals surface area contributed by atoms with Gasteiger partial charge >= 0.3 is 0 Å². The molecule has 0 atom stereocenters. The maximum Gasteiger partial charge on any atom is 0.133 e. The lowest BCUT2D eigenvalue weighted by Crippen LogP contribution is -2.06. The van der Waals surface area contributed by atoms with Gasteiger partial charge in [-0.2, -0.15) is 0 Å². The lowest BCUT2D eigenvalue weighted by atomic mass is 10.0. The molecule has 3 rings (SSSR count). The summed E-state index contributed by atoms with van der Waals surface area (Å²) < 4.78 is 0. The van der Waals surface area contributed by atoms with Crippen LogP contribution < -0.4 is 5.73 Å². The van der Waals surface area contributed by atoms with E-state index in [9.17, 15) is 0 Å². The van der Waals surface area contributed by atoms with Crippen molar-refractivity contribution < 1.29 is 0 Å². The third-order valence-electron chi connectivity index (χ3n) is 3.61. The fourth-order valence-corrected chi connectivity index (χ4v) is 2.37. The molecule has 3 aromatic rings. The van der Waals surface area contributed by atoms with Gasteiger partial charge in [0.1, 0.15) is 11.6 Å². The number of para-hydroxylation sites is 1. The Morgan fingerprint density at radius 2 is 1.81 bits per heavy atom. The number of nitrogens with zero attached hydrogens (tertiary/aromatic N) is 3. The molecule has 0 amide bonds. The Kier molecular flexibility index (Phi) is 3.29. The van der Waals surface area contributed by atoms with Gasteiger partial charge in [0.05, 0.1) is 11.2 Å². The largest absolute Gasteiger partial charge is 0.383 e. The number of fused-ring (bicyclic) bond motifs is 1. The van der Waals surface area contributed by atoms with Crippen molar-refractivity contribution in [2.24, 2.45) is 0 Å². The first-order valence-electron chi connectivity index (χ1n) is 7.06. The van der Waals surface area contributed by atoms with E-state index in [1.807, 2.05) is 25.1 Å². The van der Waals surface area contributed by atoms with Crippen LogP contribution in [0.2, 0.25) is 0 Å². The van der Waals surface area contributed by atoms with E-state index in [0.717, 1.165) is 33.5 Å². The molecule has 21 heavy (non-hydrogen) atoms. The van der Waals surface area contributed by atoms with Crippen LogP contribution in [0, 0.1) is 6.92 Å². The first-order valence-corrected chi connectivity index (χ1v) is 7.06. The predicted octanol–water partition coefficient (Wildman–Crippen LogP) is 3.71. The van der Waals surface area contributed by atoms with Crippen LogP contribution in [0.25, 0.3) is 22.2 Å². The highest BCUT2D eigenvalue weighted by molar-refractivity contribution is 5.93. The average molecular weight is 278 g/mol. The van der Waals surface area contributed by atoms with Crippen LogP contribution in [-0.2, 0) is 0 Å². The quantitative estimate of drug-likeness (QED) is 0.776. The first kappa shape index (κ1) is 13.5. The van der Waals surface area contributed by atoms with E-state index in [2.05, 4.69) is 35.9 Å². The number of rotatable bonds is 2. The minimum Gasteiger partial charge on any atom is -0.383 e. The third kappa shape index (κ3) is 2.33. The second-order valence-electron chi connectivity index (χ2n) is 5.48. The number of nitrogen functional groups attached to an aromatic ring is 1. The van der Waals surface area contributed by atoms with E-state index in [0.29, 0.717) is 5.82 Å². The van der Waals surface area contributed by atoms with E-state index in [4.69, 9.17) is 10.7 Å². The van der Waals surface area contributed by atoms with Gasteiger partial charge in [-0.15, -0.1) is 0 Å². The van der Waals surface area contributed by atoms with Crippen LogP contribution in [-0.4, -0.2) is 15.0 Å². The molecule has 0 aliphatic rings. The third-order valence-corrected chi connectivity index (χ3v) is 3.61. The average Bonchev–Trinajstić information content (AvgIpc) is 2.49. The summed E-state index contributed by atoms with van der Waals surface area (Å²) in [4.78, 5) is 13.6. The molecule has 4 nitrogen and oxygen atoms in total. The van der Waals surface area contributed by atoms with Gasteiger partial charge in [-0.3, -0.25) is 4.98 Å². The summed E-state index contributed by atoms with van der Waals surface area (Å²) in [7, 11) is 0. The van der Waals surface area contributed by atoms with Gasteiger partial charge in [-0.05, 0) is 13.0 Å². The van der Waals surface area contributed by atoms with Crippen LogP contribution in [0.15, 0.2) is 36.5 Å². The highest BCUT2D eigenvalue weighted by atomic mass is 15.0. The van der Waals surface area contributed by atoms with Crippen molar-refractivity contribution in [3.8, 4) is 11.3 Å². The summed E-state index contributed by atoms with van der Waals surface area (Å²) >= 11 is 0. The number of anilines is 1. The Morgan fingerprint density at radius 3 is 2.57 bits per heavy atom. The standard InChI is InChI=1S/C17H18N4/c1-10(2)17-20-14(11(3)16(18)21-17)13-8-4-6-12-7-5-9-19-15(12)13/h4-10H,1-3H3,(H2,18,20,21). The zero-order valence-corrected chi connectivity index (χ0v) is 12.5. The molecule has 0 bridgehead atoms. The lowest BCUT2D eigenvalue weighted by Gasteiger charge is -2.13. The van der Waals surface area contributed by atoms with Crippen molar-refractivity contribution in [2.45, 2.75) is 26.7 Å². The first-order chi connectivity index (χ1) is 10.1. The predicted molar refractivity (Wildman–Crippen MR) is 86.0 cm³/mol. The summed E-state index contributed by atoms with van der Waals surface area (Å²) in [5, 5.41) is 1.10. The highest BCUT2D eigenvalue weighted by Crippen LogP contribution is 2.30. The van der Waals surface area contributed by atoms with Gasteiger partial charge in [-0.1, -0.05) is 38.1 Å². The van der Waals surface area contributed by atoms with Crippen molar-refractivity contribution in [3.05, 3.63) is 47.9 Å². The second kappa shape index (κ2) is 5.13. The molecule has 0 radical (unpaired) electrons. The number of benzene rings is 1. The molecule has 0 fully saturated rings. The number of hydrogen-bond acceptors (Lipinski definition) is 4. The smallest absolute Gasteiger partial charge is 0.133 e. The van der Waals surface area contributed by atoms with Crippen molar-refractivity contribution >= 4 is 16.7 Å². The Labute approximate surface area is 124 Å². The summed E-state index contributed by atoms with van der Waals surface area (Å²) in [5.74, 6) is 1.53. The Hall–Kier alpha value is -2.49. The van der Waals surface area contributed by atoms with Crippen LogP contribution >= 0.6 is 0 Å². The zero-order valence-electron chi connectivity index (χ0n) is 12.5. The van der Waals surface area contributed by atoms with E-state index in [1.165, 1.54) is 0 Å². The van der Waals surface area contributed by atoms with E-state index in [1.54, 1.807) is 6.20 Å². The Morgan fingerprint density at radius 1 is 1.05 bits per heavy atom. The topological polar surface area (TPSA) is 64.7 Å². The molecule has 0 unspecified atom stereocenters. The zero-order chi connectivity index (χ0) is 15.0. The maximum atomic E-state index is 6.07. The minimum absolute atomic E-state index is 0.231.